The van der Waals surface area contributed by atoms with E-state index >= 15 is 0 Å². The van der Waals surface area contributed by atoms with E-state index in [0.717, 1.165) is 16.1 Å². The lowest BCUT2D eigenvalue weighted by atomic mass is 10.1. The van der Waals surface area contributed by atoms with Crippen molar-refractivity contribution in [1.29, 1.82) is 0 Å². The van der Waals surface area contributed by atoms with Gasteiger partial charge in [0.25, 0.3) is 11.8 Å². The van der Waals surface area contributed by atoms with Gasteiger partial charge in [0.05, 0.1) is 29.7 Å². The third kappa shape index (κ3) is 7.41. The number of para-hydroxylation sites is 1. The molecule has 0 spiro atoms. The van der Waals surface area contributed by atoms with E-state index in [-0.39, 0.29) is 18.0 Å². The number of anilines is 2. The molecule has 0 atom stereocenters. The second-order valence-corrected chi connectivity index (χ2v) is 11.7. The zero-order valence-corrected chi connectivity index (χ0v) is 23.9. The molecule has 206 valence electrons. The number of hydrogen-bond acceptors (Lipinski definition) is 4. The third-order valence-corrected chi connectivity index (χ3v) is 7.99. The highest BCUT2D eigenvalue weighted by atomic mass is 35.5. The molecular formula is C30H27Cl2N3O4S. The Morgan fingerprint density at radius 2 is 1.40 bits per heavy atom. The summed E-state index contributed by atoms with van der Waals surface area (Å²) in [6.45, 7) is 0.373. The van der Waals surface area contributed by atoms with E-state index in [2.05, 4.69) is 10.6 Å². The molecule has 0 fully saturated rings. The molecule has 0 saturated heterocycles. The van der Waals surface area contributed by atoms with Gasteiger partial charge in [-0.2, -0.15) is 0 Å². The summed E-state index contributed by atoms with van der Waals surface area (Å²) >= 11 is 12.5. The van der Waals surface area contributed by atoms with Crippen LogP contribution in [-0.2, 0) is 23.0 Å². The summed E-state index contributed by atoms with van der Waals surface area (Å²) < 4.78 is 26.4. The monoisotopic (exact) mass is 595 g/mol. The van der Waals surface area contributed by atoms with Gasteiger partial charge in [-0.25, -0.2) is 8.42 Å². The van der Waals surface area contributed by atoms with Crippen molar-refractivity contribution in [2.24, 2.45) is 0 Å². The number of amides is 2. The van der Waals surface area contributed by atoms with Crippen molar-refractivity contribution < 1.29 is 18.0 Å². The van der Waals surface area contributed by atoms with Crippen LogP contribution in [0.25, 0.3) is 0 Å². The Morgan fingerprint density at radius 3 is 2.05 bits per heavy atom. The first-order valence-electron chi connectivity index (χ1n) is 12.4. The number of carbonyl (C=O) groups excluding carboxylic acids is 2. The van der Waals surface area contributed by atoms with Gasteiger partial charge in [-0.05, 0) is 60.5 Å². The van der Waals surface area contributed by atoms with Gasteiger partial charge in [-0.1, -0.05) is 71.7 Å². The fourth-order valence-electron chi connectivity index (χ4n) is 4.05. The van der Waals surface area contributed by atoms with Gasteiger partial charge in [0.1, 0.15) is 0 Å². The molecule has 0 heterocycles. The van der Waals surface area contributed by atoms with Crippen LogP contribution in [0.4, 0.5) is 11.4 Å². The Balaban J connectivity index is 1.46. The van der Waals surface area contributed by atoms with Gasteiger partial charge in [-0.15, -0.1) is 0 Å². The molecule has 10 heteroatoms. The van der Waals surface area contributed by atoms with Crippen LogP contribution in [0.5, 0.6) is 0 Å². The highest BCUT2D eigenvalue weighted by molar-refractivity contribution is 7.92. The Labute approximate surface area is 243 Å². The second kappa shape index (κ2) is 13.0. The van der Waals surface area contributed by atoms with E-state index in [9.17, 15) is 18.0 Å². The highest BCUT2D eigenvalue weighted by Crippen LogP contribution is 2.29. The van der Waals surface area contributed by atoms with E-state index in [1.807, 2.05) is 30.3 Å². The molecule has 2 amide bonds. The first kappa shape index (κ1) is 29.1. The molecule has 4 aromatic rings. The number of nitrogens with one attached hydrogen (secondary N) is 2. The summed E-state index contributed by atoms with van der Waals surface area (Å²) in [6.07, 6.45) is 1.76. The predicted octanol–water partition coefficient (Wildman–Crippen LogP) is 6.18. The van der Waals surface area contributed by atoms with Crippen LogP contribution in [0.3, 0.4) is 0 Å². The fourth-order valence-corrected chi connectivity index (χ4v) is 5.44. The Kier molecular flexibility index (Phi) is 9.47. The van der Waals surface area contributed by atoms with Gasteiger partial charge in [0.2, 0.25) is 10.0 Å². The minimum atomic E-state index is -3.70. The average molecular weight is 597 g/mol. The second-order valence-electron chi connectivity index (χ2n) is 9.01. The molecule has 0 saturated carbocycles. The highest BCUT2D eigenvalue weighted by Gasteiger charge is 2.21. The van der Waals surface area contributed by atoms with Crippen LogP contribution < -0.4 is 14.9 Å². The summed E-state index contributed by atoms with van der Waals surface area (Å²) in [4.78, 5) is 25.9. The van der Waals surface area contributed by atoms with Crippen LogP contribution in [0.2, 0.25) is 10.0 Å². The smallest absolute Gasteiger partial charge is 0.255 e. The fraction of sp³-hybridized carbons (Fsp3) is 0.133. The number of benzene rings is 4. The molecule has 0 aromatic heterocycles. The first-order chi connectivity index (χ1) is 19.1. The molecule has 0 unspecified atom stereocenters. The third-order valence-electron chi connectivity index (χ3n) is 6.14. The zero-order chi connectivity index (χ0) is 28.7. The van der Waals surface area contributed by atoms with E-state index in [0.29, 0.717) is 45.5 Å². The van der Waals surface area contributed by atoms with E-state index in [1.54, 1.807) is 42.5 Å². The van der Waals surface area contributed by atoms with Crippen molar-refractivity contribution in [3.8, 4) is 0 Å². The molecule has 40 heavy (non-hydrogen) atoms. The van der Waals surface area contributed by atoms with E-state index in [4.69, 9.17) is 23.2 Å². The van der Waals surface area contributed by atoms with E-state index in [1.165, 1.54) is 24.3 Å². The SMILES string of the molecule is CS(=O)(=O)N(Cc1c(Cl)cccc1Cl)c1ccc(C(=O)Nc2ccccc2C(=O)NCCc2ccccc2)cc1. The lowest BCUT2D eigenvalue weighted by Gasteiger charge is -2.23. The van der Waals surface area contributed by atoms with Crippen LogP contribution in [0.1, 0.15) is 31.8 Å². The normalized spacial score (nSPS) is 11.1. The molecule has 0 radical (unpaired) electrons. The molecule has 7 nitrogen and oxygen atoms in total. The lowest BCUT2D eigenvalue weighted by Crippen LogP contribution is -2.29. The van der Waals surface area contributed by atoms with Crippen molar-refractivity contribution in [3.63, 3.8) is 0 Å². The molecule has 4 rings (SSSR count). The minimum Gasteiger partial charge on any atom is -0.352 e. The number of hydrogen-bond donors (Lipinski definition) is 2. The maximum absolute atomic E-state index is 13.0. The maximum atomic E-state index is 13.0. The number of halogens is 2. The zero-order valence-electron chi connectivity index (χ0n) is 21.6. The molecular weight excluding hydrogens is 569 g/mol. The van der Waals surface area contributed by atoms with Crippen molar-refractivity contribution >= 4 is 56.4 Å². The molecule has 0 aliphatic rings. The number of carbonyl (C=O) groups is 2. The molecule has 4 aromatic carbocycles. The van der Waals surface area contributed by atoms with Gasteiger partial charge in [0, 0.05) is 27.7 Å². The minimum absolute atomic E-state index is 0.0738. The van der Waals surface area contributed by atoms with Crippen LogP contribution in [0, 0.1) is 0 Å². The first-order valence-corrected chi connectivity index (χ1v) is 15.0. The molecule has 0 bridgehead atoms. The molecule has 0 aliphatic heterocycles. The van der Waals surface area contributed by atoms with Gasteiger partial charge in [0.15, 0.2) is 0 Å². The van der Waals surface area contributed by atoms with Gasteiger partial charge >= 0.3 is 0 Å². The maximum Gasteiger partial charge on any atom is 0.255 e. The van der Waals surface area contributed by atoms with Crippen molar-refractivity contribution in [1.82, 2.24) is 5.32 Å². The Morgan fingerprint density at radius 1 is 0.775 bits per heavy atom. The Bertz CT molecular complexity index is 1590. The summed E-state index contributed by atoms with van der Waals surface area (Å²) in [7, 11) is -3.70. The standard InChI is InChI=1S/C30H27Cl2N3O4S/c1-40(38,39)35(20-25-26(31)11-7-12-27(25)32)23-16-14-22(15-17-23)29(36)34-28-13-6-5-10-24(28)30(37)33-19-18-21-8-3-2-4-9-21/h2-17H,18-20H2,1H3,(H,33,37)(H,34,36). The Hall–Kier alpha value is -3.85. The largest absolute Gasteiger partial charge is 0.352 e. The quantitative estimate of drug-likeness (QED) is 0.229. The van der Waals surface area contributed by atoms with Crippen LogP contribution in [-0.4, -0.2) is 33.0 Å². The van der Waals surface area contributed by atoms with Gasteiger partial charge in [-0.3, -0.25) is 13.9 Å². The van der Waals surface area contributed by atoms with Crippen LogP contribution >= 0.6 is 23.2 Å². The predicted molar refractivity (Wildman–Crippen MR) is 161 cm³/mol. The van der Waals surface area contributed by atoms with Crippen molar-refractivity contribution in [2.45, 2.75) is 13.0 Å². The number of nitrogens with zero attached hydrogens (tertiary/aromatic N) is 1. The summed E-state index contributed by atoms with van der Waals surface area (Å²) in [5.41, 5.74) is 2.90. The van der Waals surface area contributed by atoms with Gasteiger partial charge < -0.3 is 10.6 Å². The molecule has 0 aliphatic carbocycles. The van der Waals surface area contributed by atoms with Crippen LogP contribution in [0.15, 0.2) is 97.1 Å². The number of rotatable bonds is 10. The van der Waals surface area contributed by atoms with Crippen molar-refractivity contribution in [2.75, 3.05) is 22.4 Å². The summed E-state index contributed by atoms with van der Waals surface area (Å²) in [5, 5.41) is 6.37. The van der Waals surface area contributed by atoms with E-state index < -0.39 is 15.9 Å². The topological polar surface area (TPSA) is 95.6 Å². The van der Waals surface area contributed by atoms with Crippen molar-refractivity contribution in [3.05, 3.63) is 129 Å². The average Bonchev–Trinajstić information content (AvgIpc) is 2.93. The number of sulfonamides is 1. The summed E-state index contributed by atoms with van der Waals surface area (Å²) in [5.74, 6) is -0.750. The molecule has 2 N–H and O–H groups in total. The summed E-state index contributed by atoms with van der Waals surface area (Å²) in [6, 6.07) is 27.6. The lowest BCUT2D eigenvalue weighted by molar-refractivity contribution is 0.0955.